The third-order valence-corrected chi connectivity index (χ3v) is 8.01. The van der Waals surface area contributed by atoms with E-state index in [2.05, 4.69) is 22.3 Å². The van der Waals surface area contributed by atoms with Crippen molar-refractivity contribution in [3.05, 3.63) is 90.2 Å². The van der Waals surface area contributed by atoms with Gasteiger partial charge < -0.3 is 10.2 Å². The number of carbonyl (C=O) groups is 1. The number of hydrogen-bond donors (Lipinski definition) is 1. The fourth-order valence-electron chi connectivity index (χ4n) is 4.27. The lowest BCUT2D eigenvalue weighted by molar-refractivity contribution is -0.120. The molecule has 1 saturated heterocycles. The number of benzene rings is 3. The fourth-order valence-corrected chi connectivity index (χ4v) is 5.69. The molecule has 0 saturated carbocycles. The van der Waals surface area contributed by atoms with Crippen LogP contribution < -0.4 is 14.5 Å². The Bertz CT molecular complexity index is 1230. The Balaban J connectivity index is 1.48. The monoisotopic (exact) mass is 495 g/mol. The molecule has 1 unspecified atom stereocenters. The minimum absolute atomic E-state index is 0.0862. The molecule has 1 heterocycles. The van der Waals surface area contributed by atoms with Crippen LogP contribution in [0.3, 0.4) is 0 Å². The quantitative estimate of drug-likeness (QED) is 0.483. The summed E-state index contributed by atoms with van der Waals surface area (Å²) in [5.41, 5.74) is 2.46. The van der Waals surface area contributed by atoms with Crippen molar-refractivity contribution in [1.29, 1.82) is 0 Å². The zero-order valence-corrected chi connectivity index (χ0v) is 20.5. The second kappa shape index (κ2) is 10.9. The molecule has 4 rings (SSSR count). The van der Waals surface area contributed by atoms with Gasteiger partial charge in [0.25, 0.3) is 10.0 Å². The van der Waals surface area contributed by atoms with E-state index in [1.807, 2.05) is 19.1 Å². The average molecular weight is 496 g/mol. The van der Waals surface area contributed by atoms with Crippen LogP contribution in [0.4, 0.5) is 15.8 Å². The van der Waals surface area contributed by atoms with Crippen LogP contribution in [-0.2, 0) is 14.8 Å². The highest BCUT2D eigenvalue weighted by atomic mass is 32.2. The number of carbonyl (C=O) groups excluding carboxylic acids is 1. The van der Waals surface area contributed by atoms with Crippen LogP contribution in [0.25, 0.3) is 0 Å². The molecule has 1 fully saturated rings. The van der Waals surface area contributed by atoms with Gasteiger partial charge in [-0.3, -0.25) is 9.10 Å². The molecule has 0 spiro atoms. The van der Waals surface area contributed by atoms with E-state index in [-0.39, 0.29) is 10.9 Å². The van der Waals surface area contributed by atoms with Crippen molar-refractivity contribution in [3.8, 4) is 0 Å². The molecule has 0 radical (unpaired) electrons. The maximum atomic E-state index is 13.4. The van der Waals surface area contributed by atoms with E-state index in [0.717, 1.165) is 35.1 Å². The van der Waals surface area contributed by atoms with Crippen LogP contribution >= 0.6 is 0 Å². The van der Waals surface area contributed by atoms with Crippen LogP contribution in [0.15, 0.2) is 83.8 Å². The molecular formula is C27H30FN3O3S. The van der Waals surface area contributed by atoms with Crippen LogP contribution in [0.1, 0.15) is 37.8 Å². The smallest absolute Gasteiger partial charge is 0.264 e. The van der Waals surface area contributed by atoms with E-state index < -0.39 is 28.3 Å². The lowest BCUT2D eigenvalue weighted by Crippen LogP contribution is -2.41. The number of nitrogens with one attached hydrogen (secondary N) is 1. The largest absolute Gasteiger partial charge is 0.372 e. The lowest BCUT2D eigenvalue weighted by atomic mass is 10.1. The van der Waals surface area contributed by atoms with Crippen molar-refractivity contribution in [3.63, 3.8) is 0 Å². The standard InChI is InChI=1S/C27H30FN3O3S/c1-21(22-10-14-24(15-11-22)30-18-6-3-7-19-30)29-27(32)20-31(25-8-4-2-5-9-25)35(33,34)26-16-12-23(28)13-17-26/h2,4-5,8-17,21H,3,6-7,18-20H2,1H3,(H,29,32). The first kappa shape index (κ1) is 24.7. The summed E-state index contributed by atoms with van der Waals surface area (Å²) in [4.78, 5) is 15.3. The number of nitrogens with zero attached hydrogens (tertiary/aromatic N) is 2. The topological polar surface area (TPSA) is 69.7 Å². The number of halogens is 1. The Labute approximate surface area is 206 Å². The number of sulfonamides is 1. The van der Waals surface area contributed by atoms with E-state index in [4.69, 9.17) is 0 Å². The highest BCUT2D eigenvalue weighted by molar-refractivity contribution is 7.92. The normalized spacial score (nSPS) is 14.9. The van der Waals surface area contributed by atoms with Gasteiger partial charge in [0.1, 0.15) is 12.4 Å². The molecule has 1 N–H and O–H groups in total. The molecule has 0 aliphatic carbocycles. The van der Waals surface area contributed by atoms with Gasteiger partial charge >= 0.3 is 0 Å². The Kier molecular flexibility index (Phi) is 7.70. The van der Waals surface area contributed by atoms with E-state index in [1.54, 1.807) is 30.3 Å². The van der Waals surface area contributed by atoms with Gasteiger partial charge in [-0.05, 0) is 80.3 Å². The maximum Gasteiger partial charge on any atom is 0.264 e. The second-order valence-corrected chi connectivity index (χ2v) is 10.6. The number of hydrogen-bond acceptors (Lipinski definition) is 4. The van der Waals surface area contributed by atoms with Gasteiger partial charge in [-0.15, -0.1) is 0 Å². The highest BCUT2D eigenvalue weighted by Crippen LogP contribution is 2.25. The summed E-state index contributed by atoms with van der Waals surface area (Å²) in [5.74, 6) is -0.972. The SMILES string of the molecule is CC(NC(=O)CN(c1ccccc1)S(=O)(=O)c1ccc(F)cc1)c1ccc(N2CCCCC2)cc1. The first-order valence-electron chi connectivity index (χ1n) is 11.8. The number of rotatable bonds is 8. The molecular weight excluding hydrogens is 465 g/mol. The van der Waals surface area contributed by atoms with Gasteiger partial charge in [-0.1, -0.05) is 30.3 Å². The maximum absolute atomic E-state index is 13.4. The lowest BCUT2D eigenvalue weighted by Gasteiger charge is -2.29. The van der Waals surface area contributed by atoms with Crippen molar-refractivity contribution in [1.82, 2.24) is 5.32 Å². The predicted molar refractivity (Wildman–Crippen MR) is 136 cm³/mol. The summed E-state index contributed by atoms with van der Waals surface area (Å²) in [6.45, 7) is 3.59. The molecule has 35 heavy (non-hydrogen) atoms. The van der Waals surface area contributed by atoms with Gasteiger partial charge in [0, 0.05) is 18.8 Å². The van der Waals surface area contributed by atoms with E-state index in [0.29, 0.717) is 5.69 Å². The van der Waals surface area contributed by atoms with Crippen molar-refractivity contribution in [2.24, 2.45) is 0 Å². The Morgan fingerprint density at radius 1 is 0.943 bits per heavy atom. The summed E-state index contributed by atoms with van der Waals surface area (Å²) >= 11 is 0. The summed E-state index contributed by atoms with van der Waals surface area (Å²) in [6.07, 6.45) is 3.68. The van der Waals surface area contributed by atoms with Gasteiger partial charge in [-0.25, -0.2) is 12.8 Å². The van der Waals surface area contributed by atoms with Crippen molar-refractivity contribution < 1.29 is 17.6 Å². The minimum atomic E-state index is -4.08. The molecule has 1 aliphatic rings. The highest BCUT2D eigenvalue weighted by Gasteiger charge is 2.27. The molecule has 6 nitrogen and oxygen atoms in total. The van der Waals surface area contributed by atoms with Crippen molar-refractivity contribution >= 4 is 27.3 Å². The molecule has 3 aromatic carbocycles. The Morgan fingerprint density at radius 3 is 2.20 bits per heavy atom. The summed E-state index contributed by atoms with van der Waals surface area (Å²) in [7, 11) is -4.08. The van der Waals surface area contributed by atoms with E-state index in [9.17, 15) is 17.6 Å². The first-order chi connectivity index (χ1) is 16.8. The minimum Gasteiger partial charge on any atom is -0.372 e. The third-order valence-electron chi connectivity index (χ3n) is 6.22. The molecule has 1 atom stereocenters. The third kappa shape index (κ3) is 6.00. The average Bonchev–Trinajstić information content (AvgIpc) is 2.88. The second-order valence-electron chi connectivity index (χ2n) is 8.73. The number of amides is 1. The van der Waals surface area contributed by atoms with E-state index in [1.165, 1.54) is 37.1 Å². The zero-order valence-electron chi connectivity index (χ0n) is 19.7. The zero-order chi connectivity index (χ0) is 24.8. The van der Waals surface area contributed by atoms with Gasteiger partial charge in [-0.2, -0.15) is 0 Å². The van der Waals surface area contributed by atoms with Crippen LogP contribution in [0, 0.1) is 5.82 Å². The summed E-state index contributed by atoms with van der Waals surface area (Å²) in [6, 6.07) is 20.8. The molecule has 1 amide bonds. The predicted octanol–water partition coefficient (Wildman–Crippen LogP) is 4.89. The molecule has 184 valence electrons. The number of para-hydroxylation sites is 1. The van der Waals surface area contributed by atoms with Crippen molar-refractivity contribution in [2.75, 3.05) is 28.8 Å². The molecule has 8 heteroatoms. The summed E-state index contributed by atoms with van der Waals surface area (Å²) < 4.78 is 41.1. The summed E-state index contributed by atoms with van der Waals surface area (Å²) in [5, 5.41) is 2.91. The molecule has 1 aliphatic heterocycles. The van der Waals surface area contributed by atoms with Crippen molar-refractivity contribution in [2.45, 2.75) is 37.1 Å². The Hall–Kier alpha value is -3.39. The van der Waals surface area contributed by atoms with Gasteiger partial charge in [0.2, 0.25) is 5.91 Å². The van der Waals surface area contributed by atoms with Gasteiger partial charge in [0.05, 0.1) is 16.6 Å². The van der Waals surface area contributed by atoms with Crippen LogP contribution in [-0.4, -0.2) is 34.0 Å². The van der Waals surface area contributed by atoms with E-state index >= 15 is 0 Å². The van der Waals surface area contributed by atoms with Crippen LogP contribution in [0.5, 0.6) is 0 Å². The number of anilines is 2. The number of piperidine rings is 1. The molecule has 3 aromatic rings. The van der Waals surface area contributed by atoms with Crippen LogP contribution in [0.2, 0.25) is 0 Å². The first-order valence-corrected chi connectivity index (χ1v) is 13.3. The molecule has 0 aromatic heterocycles. The van der Waals surface area contributed by atoms with Gasteiger partial charge in [0.15, 0.2) is 0 Å². The Morgan fingerprint density at radius 2 is 1.57 bits per heavy atom. The fraction of sp³-hybridized carbons (Fsp3) is 0.296. The molecule has 0 bridgehead atoms.